The van der Waals surface area contributed by atoms with Gasteiger partial charge in [0.25, 0.3) is 0 Å². The highest BCUT2D eigenvalue weighted by molar-refractivity contribution is 7.99. The molecule has 1 rings (SSSR count). The van der Waals surface area contributed by atoms with E-state index >= 15 is 0 Å². The molecule has 15 heavy (non-hydrogen) atoms. The Morgan fingerprint density at radius 1 is 1.33 bits per heavy atom. The lowest BCUT2D eigenvalue weighted by Gasteiger charge is -2.06. The Bertz CT molecular complexity index is 274. The van der Waals surface area contributed by atoms with Crippen molar-refractivity contribution in [3.8, 4) is 0 Å². The normalized spacial score (nSPS) is 12.7. The van der Waals surface area contributed by atoms with Gasteiger partial charge < -0.3 is 5.32 Å². The van der Waals surface area contributed by atoms with Crippen LogP contribution in [0.4, 0.5) is 0 Å². The van der Waals surface area contributed by atoms with Crippen molar-refractivity contribution in [3.63, 3.8) is 0 Å². The molecule has 0 aliphatic rings. The lowest BCUT2D eigenvalue weighted by atomic mass is 10.3. The van der Waals surface area contributed by atoms with E-state index in [-0.39, 0.29) is 0 Å². The van der Waals surface area contributed by atoms with Gasteiger partial charge in [0, 0.05) is 29.8 Å². The van der Waals surface area contributed by atoms with E-state index < -0.39 is 0 Å². The summed E-state index contributed by atoms with van der Waals surface area (Å²) >= 11 is 1.73. The number of aromatic nitrogens is 2. The first-order valence-electron chi connectivity index (χ1n) is 5.44. The van der Waals surface area contributed by atoms with Crippen LogP contribution in [-0.2, 0) is 6.54 Å². The van der Waals surface area contributed by atoms with Gasteiger partial charge in [-0.3, -0.25) is 0 Å². The largest absolute Gasteiger partial charge is 0.313 e. The summed E-state index contributed by atoms with van der Waals surface area (Å²) in [4.78, 5) is 8.66. The Kier molecular flexibility index (Phi) is 5.65. The molecule has 0 saturated heterocycles. The Hall–Kier alpha value is -0.610. The molecular formula is C11H19N3S. The minimum Gasteiger partial charge on any atom is -0.313 e. The number of nitrogens with one attached hydrogen (secondary N) is 1. The number of hydrogen-bond acceptors (Lipinski definition) is 4. The average molecular weight is 225 g/mol. The van der Waals surface area contributed by atoms with Gasteiger partial charge in [0.2, 0.25) is 0 Å². The van der Waals surface area contributed by atoms with Crippen LogP contribution in [0.15, 0.2) is 17.6 Å². The summed E-state index contributed by atoms with van der Waals surface area (Å²) in [6.45, 7) is 8.29. The molecular weight excluding hydrogens is 206 g/mol. The smallest absolute Gasteiger partial charge is 0.187 e. The maximum Gasteiger partial charge on any atom is 0.187 e. The Balaban J connectivity index is 2.48. The highest BCUT2D eigenvalue weighted by Crippen LogP contribution is 2.20. The Morgan fingerprint density at radius 2 is 2.00 bits per heavy atom. The fourth-order valence-electron chi connectivity index (χ4n) is 1.03. The SMILES string of the molecule is CCNCc1cnc(SC(C)CC)nc1. The predicted molar refractivity (Wildman–Crippen MR) is 65.0 cm³/mol. The van der Waals surface area contributed by atoms with Crippen LogP contribution in [0.2, 0.25) is 0 Å². The molecule has 0 aromatic carbocycles. The van der Waals surface area contributed by atoms with Gasteiger partial charge in [-0.05, 0) is 13.0 Å². The fourth-order valence-corrected chi connectivity index (χ4v) is 1.78. The molecule has 0 spiro atoms. The molecule has 0 fully saturated rings. The summed E-state index contributed by atoms with van der Waals surface area (Å²) in [5.74, 6) is 0. The van der Waals surface area contributed by atoms with Crippen LogP contribution in [0.1, 0.15) is 32.8 Å². The third-order valence-electron chi connectivity index (χ3n) is 2.14. The standard InChI is InChI=1S/C11H19N3S/c1-4-9(3)15-11-13-7-10(8-14-11)6-12-5-2/h7-9,12H,4-6H2,1-3H3. The van der Waals surface area contributed by atoms with Gasteiger partial charge in [0.15, 0.2) is 5.16 Å². The maximum absolute atomic E-state index is 4.33. The van der Waals surface area contributed by atoms with Gasteiger partial charge in [-0.1, -0.05) is 32.5 Å². The van der Waals surface area contributed by atoms with Crippen molar-refractivity contribution in [2.45, 2.75) is 44.1 Å². The number of hydrogen-bond donors (Lipinski definition) is 1. The highest BCUT2D eigenvalue weighted by atomic mass is 32.2. The molecule has 1 heterocycles. The second-order valence-electron chi connectivity index (χ2n) is 3.49. The van der Waals surface area contributed by atoms with Crippen LogP contribution in [0.3, 0.4) is 0 Å². The molecule has 1 unspecified atom stereocenters. The number of rotatable bonds is 6. The Morgan fingerprint density at radius 3 is 2.53 bits per heavy atom. The van der Waals surface area contributed by atoms with Gasteiger partial charge in [0.1, 0.15) is 0 Å². The Labute approximate surface area is 96.1 Å². The molecule has 0 aliphatic carbocycles. The first-order chi connectivity index (χ1) is 7.26. The fraction of sp³-hybridized carbons (Fsp3) is 0.636. The van der Waals surface area contributed by atoms with E-state index in [1.165, 1.54) is 0 Å². The zero-order valence-corrected chi connectivity index (χ0v) is 10.5. The van der Waals surface area contributed by atoms with Gasteiger partial charge >= 0.3 is 0 Å². The summed E-state index contributed by atoms with van der Waals surface area (Å²) in [5.41, 5.74) is 1.14. The molecule has 1 aromatic rings. The third kappa shape index (κ3) is 4.62. The van der Waals surface area contributed by atoms with Gasteiger partial charge in [-0.2, -0.15) is 0 Å². The molecule has 3 nitrogen and oxygen atoms in total. The van der Waals surface area contributed by atoms with E-state index in [2.05, 4.69) is 36.1 Å². The molecule has 0 saturated carbocycles. The molecule has 1 atom stereocenters. The van der Waals surface area contributed by atoms with Crippen LogP contribution < -0.4 is 5.32 Å². The summed E-state index contributed by atoms with van der Waals surface area (Å²) in [6, 6.07) is 0. The van der Waals surface area contributed by atoms with Crippen LogP contribution in [0, 0.1) is 0 Å². The van der Waals surface area contributed by atoms with Crippen molar-refractivity contribution in [1.29, 1.82) is 0 Å². The van der Waals surface area contributed by atoms with E-state index in [4.69, 9.17) is 0 Å². The summed E-state index contributed by atoms with van der Waals surface area (Å²) in [6.07, 6.45) is 4.95. The zero-order chi connectivity index (χ0) is 11.1. The van der Waals surface area contributed by atoms with Crippen molar-refractivity contribution >= 4 is 11.8 Å². The van der Waals surface area contributed by atoms with Crippen LogP contribution in [0.5, 0.6) is 0 Å². The average Bonchev–Trinajstić information content (AvgIpc) is 2.28. The molecule has 1 aromatic heterocycles. The number of nitrogens with zero attached hydrogens (tertiary/aromatic N) is 2. The van der Waals surface area contributed by atoms with Crippen molar-refractivity contribution in [1.82, 2.24) is 15.3 Å². The van der Waals surface area contributed by atoms with Crippen molar-refractivity contribution in [3.05, 3.63) is 18.0 Å². The van der Waals surface area contributed by atoms with E-state index in [0.29, 0.717) is 5.25 Å². The molecule has 0 radical (unpaired) electrons. The van der Waals surface area contributed by atoms with E-state index in [0.717, 1.165) is 30.2 Å². The lowest BCUT2D eigenvalue weighted by Crippen LogP contribution is -2.12. The number of thioether (sulfide) groups is 1. The quantitative estimate of drug-likeness (QED) is 0.596. The third-order valence-corrected chi connectivity index (χ3v) is 3.30. The van der Waals surface area contributed by atoms with E-state index in [1.807, 2.05) is 12.4 Å². The molecule has 0 aliphatic heterocycles. The minimum absolute atomic E-state index is 0.588. The topological polar surface area (TPSA) is 37.8 Å². The monoisotopic (exact) mass is 225 g/mol. The van der Waals surface area contributed by atoms with Gasteiger partial charge in [-0.15, -0.1) is 0 Å². The van der Waals surface area contributed by atoms with Crippen molar-refractivity contribution in [2.24, 2.45) is 0 Å². The first-order valence-corrected chi connectivity index (χ1v) is 6.32. The lowest BCUT2D eigenvalue weighted by molar-refractivity contribution is 0.716. The zero-order valence-electron chi connectivity index (χ0n) is 9.66. The summed E-state index contributed by atoms with van der Waals surface area (Å²) in [7, 11) is 0. The van der Waals surface area contributed by atoms with Crippen LogP contribution >= 0.6 is 11.8 Å². The predicted octanol–water partition coefficient (Wildman–Crippen LogP) is 2.48. The van der Waals surface area contributed by atoms with Crippen LogP contribution in [-0.4, -0.2) is 21.8 Å². The van der Waals surface area contributed by atoms with Crippen LogP contribution in [0.25, 0.3) is 0 Å². The molecule has 4 heteroatoms. The second kappa shape index (κ2) is 6.80. The van der Waals surface area contributed by atoms with E-state index in [1.54, 1.807) is 11.8 Å². The molecule has 1 N–H and O–H groups in total. The molecule has 0 amide bonds. The molecule has 0 bridgehead atoms. The van der Waals surface area contributed by atoms with Crippen molar-refractivity contribution in [2.75, 3.05) is 6.54 Å². The first kappa shape index (κ1) is 12.5. The molecule has 84 valence electrons. The van der Waals surface area contributed by atoms with E-state index in [9.17, 15) is 0 Å². The summed E-state index contributed by atoms with van der Waals surface area (Å²) < 4.78 is 0. The maximum atomic E-state index is 4.33. The van der Waals surface area contributed by atoms with Gasteiger partial charge in [0.05, 0.1) is 0 Å². The van der Waals surface area contributed by atoms with Crippen molar-refractivity contribution < 1.29 is 0 Å². The summed E-state index contributed by atoms with van der Waals surface area (Å²) in [5, 5.41) is 4.72. The minimum atomic E-state index is 0.588. The van der Waals surface area contributed by atoms with Gasteiger partial charge in [-0.25, -0.2) is 9.97 Å². The second-order valence-corrected chi connectivity index (χ2v) is 4.90. The highest BCUT2D eigenvalue weighted by Gasteiger charge is 2.03.